The van der Waals surface area contributed by atoms with Gasteiger partial charge in [0.05, 0.1) is 24.0 Å². The maximum atomic E-state index is 12.7. The summed E-state index contributed by atoms with van der Waals surface area (Å²) in [6, 6.07) is 0. The predicted molar refractivity (Wildman–Crippen MR) is 176 cm³/mol. The lowest BCUT2D eigenvalue weighted by molar-refractivity contribution is -0.142. The molecule has 0 saturated carbocycles. The van der Waals surface area contributed by atoms with Gasteiger partial charge in [-0.15, -0.1) is 0 Å². The van der Waals surface area contributed by atoms with Gasteiger partial charge < -0.3 is 4.74 Å². The van der Waals surface area contributed by atoms with Gasteiger partial charge in [0.1, 0.15) is 0 Å². The molecule has 4 heteroatoms. The van der Waals surface area contributed by atoms with Crippen molar-refractivity contribution >= 4 is 11.8 Å². The van der Waals surface area contributed by atoms with Gasteiger partial charge in [-0.3, -0.25) is 14.5 Å². The number of ether oxygens (including phenoxy) is 1. The Kier molecular flexibility index (Phi) is 18.8. The van der Waals surface area contributed by atoms with Crippen molar-refractivity contribution in [2.24, 2.45) is 11.8 Å². The van der Waals surface area contributed by atoms with E-state index in [2.05, 4.69) is 6.92 Å². The fourth-order valence-electron chi connectivity index (χ4n) is 7.53. The second kappa shape index (κ2) is 22.4. The van der Waals surface area contributed by atoms with Crippen LogP contribution >= 0.6 is 0 Å². The van der Waals surface area contributed by atoms with E-state index in [0.29, 0.717) is 6.54 Å². The molecular formula is C38H67NO3. The highest BCUT2D eigenvalue weighted by Gasteiger charge is 2.60. The molecule has 0 aliphatic carbocycles. The zero-order chi connectivity index (χ0) is 29.7. The highest BCUT2D eigenvalue weighted by Crippen LogP contribution is 2.45. The maximum Gasteiger partial charge on any atom is 0.236 e. The molecule has 3 aliphatic rings. The fourth-order valence-corrected chi connectivity index (χ4v) is 7.53. The van der Waals surface area contributed by atoms with E-state index in [0.717, 1.165) is 12.8 Å². The molecule has 4 unspecified atom stereocenters. The van der Waals surface area contributed by atoms with Crippen LogP contribution < -0.4 is 0 Å². The van der Waals surface area contributed by atoms with Crippen molar-refractivity contribution in [2.75, 3.05) is 6.54 Å². The average molecular weight is 586 g/mol. The molecule has 2 amide bonds. The van der Waals surface area contributed by atoms with Crippen LogP contribution in [-0.2, 0) is 14.3 Å². The van der Waals surface area contributed by atoms with Crippen molar-refractivity contribution < 1.29 is 14.3 Å². The summed E-state index contributed by atoms with van der Waals surface area (Å²) in [7, 11) is 0. The van der Waals surface area contributed by atoms with Crippen molar-refractivity contribution in [3.8, 4) is 0 Å². The Bertz CT molecular complexity index is 719. The van der Waals surface area contributed by atoms with Crippen molar-refractivity contribution in [3.05, 3.63) is 12.2 Å². The number of likely N-dealkylation sites (tertiary alicyclic amines) is 1. The minimum Gasteiger partial charge on any atom is -0.365 e. The number of hydrogen-bond donors (Lipinski definition) is 0. The standard InChI is InChI=1S/C38H67NO3/c1-2-3-4-5-6-7-8-9-10-11-12-13-14-15-16-17-18-19-20-21-22-23-24-25-26-27-28-29-32-39-37(40)35-33-30-31-34(42-33)36(35)38(39)41/h30-31,33-36H,2-29,32H2,1H3. The van der Waals surface area contributed by atoms with Gasteiger partial charge in [0.2, 0.25) is 11.8 Å². The van der Waals surface area contributed by atoms with Gasteiger partial charge in [0.15, 0.2) is 0 Å². The van der Waals surface area contributed by atoms with E-state index in [1.54, 1.807) is 0 Å². The Morgan fingerprint density at radius 3 is 1.00 bits per heavy atom. The zero-order valence-corrected chi connectivity index (χ0v) is 27.6. The molecule has 0 radical (unpaired) electrons. The van der Waals surface area contributed by atoms with Gasteiger partial charge in [-0.25, -0.2) is 0 Å². The van der Waals surface area contributed by atoms with Gasteiger partial charge in [0, 0.05) is 6.54 Å². The van der Waals surface area contributed by atoms with Gasteiger partial charge in [-0.2, -0.15) is 0 Å². The minimum atomic E-state index is -0.244. The van der Waals surface area contributed by atoms with Gasteiger partial charge in [0.25, 0.3) is 0 Å². The first kappa shape index (κ1) is 35.3. The van der Waals surface area contributed by atoms with Crippen LogP contribution in [0.3, 0.4) is 0 Å². The third-order valence-electron chi connectivity index (χ3n) is 10.2. The summed E-state index contributed by atoms with van der Waals surface area (Å²) in [4.78, 5) is 26.9. The molecule has 0 aromatic rings. The lowest BCUT2D eigenvalue weighted by Crippen LogP contribution is -2.35. The molecule has 3 aliphatic heterocycles. The third-order valence-corrected chi connectivity index (χ3v) is 10.2. The largest absolute Gasteiger partial charge is 0.365 e. The number of carbonyl (C=O) groups is 2. The number of rotatable bonds is 29. The van der Waals surface area contributed by atoms with E-state index in [-0.39, 0.29) is 35.9 Å². The van der Waals surface area contributed by atoms with E-state index < -0.39 is 0 Å². The quantitative estimate of drug-likeness (QED) is 0.0498. The molecule has 242 valence electrons. The van der Waals surface area contributed by atoms with Crippen molar-refractivity contribution in [1.82, 2.24) is 4.90 Å². The molecular weight excluding hydrogens is 518 g/mol. The third kappa shape index (κ3) is 12.8. The monoisotopic (exact) mass is 586 g/mol. The Morgan fingerprint density at radius 1 is 0.452 bits per heavy atom. The molecule has 2 bridgehead atoms. The molecule has 0 N–H and O–H groups in total. The SMILES string of the molecule is CCCCCCCCCCCCCCCCCCCCCCCCCCCCCCN1C(=O)C2C3C=CC(O3)C2C1=O. The lowest BCUT2D eigenvalue weighted by atomic mass is 9.85. The van der Waals surface area contributed by atoms with Crippen molar-refractivity contribution in [3.63, 3.8) is 0 Å². The number of fused-ring (bicyclic) bond motifs is 5. The van der Waals surface area contributed by atoms with Crippen LogP contribution in [0.4, 0.5) is 0 Å². The highest BCUT2D eigenvalue weighted by molar-refractivity contribution is 6.06. The summed E-state index contributed by atoms with van der Waals surface area (Å²) in [5.74, 6) is -0.476. The molecule has 42 heavy (non-hydrogen) atoms. The van der Waals surface area contributed by atoms with E-state index in [1.807, 2.05) is 12.2 Å². The van der Waals surface area contributed by atoms with Crippen LogP contribution in [-0.4, -0.2) is 35.5 Å². The Hall–Kier alpha value is -1.16. The van der Waals surface area contributed by atoms with E-state index in [4.69, 9.17) is 4.74 Å². The molecule has 3 rings (SSSR count). The molecule has 4 nitrogen and oxygen atoms in total. The van der Waals surface area contributed by atoms with E-state index >= 15 is 0 Å². The molecule has 0 spiro atoms. The van der Waals surface area contributed by atoms with E-state index in [1.165, 1.54) is 172 Å². The van der Waals surface area contributed by atoms with Crippen LogP contribution in [0, 0.1) is 11.8 Å². The van der Waals surface area contributed by atoms with Crippen molar-refractivity contribution in [1.29, 1.82) is 0 Å². The van der Waals surface area contributed by atoms with Gasteiger partial charge >= 0.3 is 0 Å². The topological polar surface area (TPSA) is 46.6 Å². The van der Waals surface area contributed by atoms with Gasteiger partial charge in [-0.05, 0) is 6.42 Å². The second-order valence-electron chi connectivity index (χ2n) is 13.9. The fraction of sp³-hybridized carbons (Fsp3) is 0.895. The average Bonchev–Trinajstić information content (AvgIpc) is 3.68. The summed E-state index contributed by atoms with van der Waals surface area (Å²) in [6.45, 7) is 2.90. The smallest absolute Gasteiger partial charge is 0.236 e. The summed E-state index contributed by atoms with van der Waals surface area (Å²) < 4.78 is 5.71. The zero-order valence-electron chi connectivity index (χ0n) is 27.6. The van der Waals surface area contributed by atoms with Crippen LogP contribution in [0.1, 0.15) is 187 Å². The number of carbonyl (C=O) groups excluding carboxylic acids is 2. The minimum absolute atomic E-state index is 0.00636. The number of amides is 2. The Morgan fingerprint density at radius 2 is 0.714 bits per heavy atom. The first-order chi connectivity index (χ1) is 20.7. The number of hydrogen-bond acceptors (Lipinski definition) is 3. The highest BCUT2D eigenvalue weighted by atomic mass is 16.5. The molecule has 4 atom stereocenters. The Labute approximate surface area is 260 Å². The first-order valence-corrected chi connectivity index (χ1v) is 18.9. The molecule has 3 heterocycles. The molecule has 0 aromatic carbocycles. The molecule has 2 saturated heterocycles. The van der Waals surface area contributed by atoms with Gasteiger partial charge in [-0.1, -0.05) is 192 Å². The normalized spacial score (nSPS) is 22.6. The summed E-state index contributed by atoms with van der Waals surface area (Å²) in [5, 5.41) is 0. The number of nitrogens with zero attached hydrogens (tertiary/aromatic N) is 1. The number of unbranched alkanes of at least 4 members (excludes halogenated alkanes) is 27. The second-order valence-corrected chi connectivity index (χ2v) is 13.9. The van der Waals surface area contributed by atoms with Crippen LogP contribution in [0.25, 0.3) is 0 Å². The van der Waals surface area contributed by atoms with Crippen LogP contribution in [0.2, 0.25) is 0 Å². The summed E-state index contributed by atoms with van der Waals surface area (Å²) in [6.07, 6.45) is 42.7. The maximum absolute atomic E-state index is 12.7. The molecule has 0 aromatic heterocycles. The molecule has 2 fully saturated rings. The van der Waals surface area contributed by atoms with Crippen LogP contribution in [0.15, 0.2) is 12.2 Å². The number of imide groups is 1. The summed E-state index contributed by atoms with van der Waals surface area (Å²) in [5.41, 5.74) is 0. The predicted octanol–water partition coefficient (Wildman–Crippen LogP) is 10.9. The van der Waals surface area contributed by atoms with Crippen LogP contribution in [0.5, 0.6) is 0 Å². The summed E-state index contributed by atoms with van der Waals surface area (Å²) >= 11 is 0. The van der Waals surface area contributed by atoms with E-state index in [9.17, 15) is 9.59 Å². The Balaban J connectivity index is 0.958. The van der Waals surface area contributed by atoms with Crippen molar-refractivity contribution in [2.45, 2.75) is 199 Å². The lowest BCUT2D eigenvalue weighted by Gasteiger charge is -2.17. The first-order valence-electron chi connectivity index (χ1n) is 18.9.